The number of aromatic hydroxyl groups is 1. The Balaban J connectivity index is 1.98. The molecule has 0 atom stereocenters. The van der Waals surface area contributed by atoms with Crippen molar-refractivity contribution in [1.82, 2.24) is 0 Å². The van der Waals surface area contributed by atoms with Crippen LogP contribution in [0.5, 0.6) is 5.75 Å². The number of amides is 1. The number of nitrogens with zero attached hydrogens (tertiary/aromatic N) is 1. The molecule has 1 aliphatic heterocycles. The maximum Gasteiger partial charge on any atom is 0.231 e. The fourth-order valence-corrected chi connectivity index (χ4v) is 4.31. The molecule has 3 nitrogen and oxygen atoms in total. The zero-order valence-corrected chi connectivity index (χ0v) is 16.6. The first-order chi connectivity index (χ1) is 13.4. The summed E-state index contributed by atoms with van der Waals surface area (Å²) < 4.78 is 13.5. The molecule has 0 spiro atoms. The highest BCUT2D eigenvalue weighted by Gasteiger charge is 2.31. The molecular formula is C21H13Cl3FNO2. The van der Waals surface area contributed by atoms with Gasteiger partial charge in [-0.15, -0.1) is 0 Å². The summed E-state index contributed by atoms with van der Waals surface area (Å²) in [5.74, 6) is -0.705. The molecule has 0 saturated heterocycles. The fraction of sp³-hybridized carbons (Fsp3) is 0.0952. The molecule has 0 radical (unpaired) electrons. The van der Waals surface area contributed by atoms with Crippen LogP contribution in [0.2, 0.25) is 15.1 Å². The highest BCUT2D eigenvalue weighted by atomic mass is 35.5. The molecule has 0 unspecified atom stereocenters. The third kappa shape index (κ3) is 3.22. The highest BCUT2D eigenvalue weighted by Crippen LogP contribution is 2.46. The lowest BCUT2D eigenvalue weighted by Crippen LogP contribution is -2.31. The van der Waals surface area contributed by atoms with Gasteiger partial charge in [-0.3, -0.25) is 9.69 Å². The van der Waals surface area contributed by atoms with Gasteiger partial charge < -0.3 is 5.11 Å². The molecule has 0 bridgehead atoms. The summed E-state index contributed by atoms with van der Waals surface area (Å²) in [4.78, 5) is 14.2. The van der Waals surface area contributed by atoms with Crippen LogP contribution in [-0.2, 0) is 11.2 Å². The normalized spacial score (nSPS) is 13.6. The van der Waals surface area contributed by atoms with Gasteiger partial charge in [0.25, 0.3) is 0 Å². The largest absolute Gasteiger partial charge is 0.508 e. The number of benzene rings is 3. The van der Waals surface area contributed by atoms with Gasteiger partial charge in [0.05, 0.1) is 26.4 Å². The monoisotopic (exact) mass is 435 g/mol. The van der Waals surface area contributed by atoms with Gasteiger partial charge in [0.2, 0.25) is 5.91 Å². The molecule has 28 heavy (non-hydrogen) atoms. The molecule has 3 aromatic carbocycles. The Morgan fingerprint density at radius 1 is 0.893 bits per heavy atom. The summed E-state index contributed by atoms with van der Waals surface area (Å²) in [6, 6.07) is 12.1. The number of carbonyl (C=O) groups is 1. The first kappa shape index (κ1) is 19.1. The van der Waals surface area contributed by atoms with Crippen LogP contribution < -0.4 is 4.90 Å². The number of phenols is 1. The van der Waals surface area contributed by atoms with E-state index >= 15 is 0 Å². The number of fused-ring (bicyclic) bond motifs is 1. The lowest BCUT2D eigenvalue weighted by Gasteiger charge is -2.32. The van der Waals surface area contributed by atoms with E-state index in [1.165, 1.54) is 23.1 Å². The van der Waals surface area contributed by atoms with Crippen molar-refractivity contribution >= 4 is 52.1 Å². The first-order valence-electron chi connectivity index (χ1n) is 8.45. The van der Waals surface area contributed by atoms with Gasteiger partial charge in [-0.2, -0.15) is 0 Å². The number of para-hydroxylation sites is 1. The molecule has 0 fully saturated rings. The quantitative estimate of drug-likeness (QED) is 0.481. The summed E-state index contributed by atoms with van der Waals surface area (Å²) in [6.07, 6.45) is 0.668. The maximum atomic E-state index is 13.5. The van der Waals surface area contributed by atoms with Crippen molar-refractivity contribution in [2.75, 3.05) is 4.90 Å². The second-order valence-electron chi connectivity index (χ2n) is 6.41. The average Bonchev–Trinajstić information content (AvgIpc) is 2.62. The zero-order chi connectivity index (χ0) is 20.0. The molecule has 1 amide bonds. The number of phenolic OH excluding ortho intramolecular Hbond substituents is 1. The number of halogens is 4. The topological polar surface area (TPSA) is 40.5 Å². The predicted molar refractivity (Wildman–Crippen MR) is 110 cm³/mol. The Labute approximate surface area is 175 Å². The molecule has 0 saturated carbocycles. The van der Waals surface area contributed by atoms with E-state index in [0.29, 0.717) is 39.0 Å². The molecular weight excluding hydrogens is 424 g/mol. The molecule has 0 aliphatic carbocycles. The van der Waals surface area contributed by atoms with Gasteiger partial charge in [0.15, 0.2) is 0 Å². The molecule has 1 heterocycles. The summed E-state index contributed by atoms with van der Waals surface area (Å²) in [5, 5.41) is 11.2. The highest BCUT2D eigenvalue weighted by molar-refractivity contribution is 6.40. The van der Waals surface area contributed by atoms with Crippen molar-refractivity contribution in [1.29, 1.82) is 0 Å². The number of anilines is 2. The van der Waals surface area contributed by atoms with E-state index in [1.807, 2.05) is 0 Å². The van der Waals surface area contributed by atoms with Crippen LogP contribution in [0, 0.1) is 5.82 Å². The summed E-state index contributed by atoms with van der Waals surface area (Å²) in [5.41, 5.74) is 2.82. The number of carbonyl (C=O) groups excluding carboxylic acids is 1. The van der Waals surface area contributed by atoms with Gasteiger partial charge in [0.1, 0.15) is 11.6 Å². The predicted octanol–water partition coefficient (Wildman–Crippen LogP) is 6.77. The first-order valence-corrected chi connectivity index (χ1v) is 9.58. The Kier molecular flexibility index (Phi) is 4.96. The molecule has 3 aromatic rings. The van der Waals surface area contributed by atoms with Gasteiger partial charge in [-0.25, -0.2) is 4.39 Å². The van der Waals surface area contributed by atoms with Crippen molar-refractivity contribution in [2.24, 2.45) is 0 Å². The van der Waals surface area contributed by atoms with E-state index in [4.69, 9.17) is 34.8 Å². The maximum absolute atomic E-state index is 13.5. The van der Waals surface area contributed by atoms with Gasteiger partial charge >= 0.3 is 0 Å². The summed E-state index contributed by atoms with van der Waals surface area (Å²) in [7, 11) is 0. The Morgan fingerprint density at radius 2 is 1.61 bits per heavy atom. The number of rotatable bonds is 2. The van der Waals surface area contributed by atoms with Crippen molar-refractivity contribution in [3.05, 3.63) is 75.0 Å². The minimum atomic E-state index is -0.456. The minimum absolute atomic E-state index is 0.0583. The van der Waals surface area contributed by atoms with Crippen LogP contribution in [0.4, 0.5) is 15.8 Å². The average molecular weight is 437 g/mol. The fourth-order valence-electron chi connectivity index (χ4n) is 3.48. The number of hydrogen-bond donors (Lipinski definition) is 1. The van der Waals surface area contributed by atoms with Crippen LogP contribution in [0.1, 0.15) is 12.0 Å². The van der Waals surface area contributed by atoms with E-state index in [0.717, 1.165) is 5.56 Å². The second kappa shape index (κ2) is 7.28. The SMILES string of the molecule is O=C1CCc2c(-c3ccc(F)cc3Cl)cc(O)cc2N1c1c(Cl)cccc1Cl. The number of hydrogen-bond acceptors (Lipinski definition) is 2. The van der Waals surface area contributed by atoms with Crippen molar-refractivity contribution < 1.29 is 14.3 Å². The second-order valence-corrected chi connectivity index (χ2v) is 7.64. The van der Waals surface area contributed by atoms with Gasteiger partial charge in [-0.1, -0.05) is 40.9 Å². The van der Waals surface area contributed by atoms with Crippen LogP contribution >= 0.6 is 34.8 Å². The third-order valence-electron chi connectivity index (χ3n) is 4.67. The summed E-state index contributed by atoms with van der Waals surface area (Å²) in [6.45, 7) is 0. The molecule has 4 rings (SSSR count). The Morgan fingerprint density at radius 3 is 2.29 bits per heavy atom. The summed E-state index contributed by atoms with van der Waals surface area (Å²) >= 11 is 18.9. The van der Waals surface area contributed by atoms with Gasteiger partial charge in [0, 0.05) is 18.1 Å². The lowest BCUT2D eigenvalue weighted by atomic mass is 9.91. The standard InChI is InChI=1S/C21H13Cl3FNO2/c22-16-2-1-3-17(23)21(16)26-19-10-12(27)9-15(14(19)6-7-20(26)28)13-5-4-11(25)8-18(13)24/h1-5,8-10,27H,6-7H2. The minimum Gasteiger partial charge on any atom is -0.508 e. The van der Waals surface area contributed by atoms with E-state index in [-0.39, 0.29) is 23.1 Å². The zero-order valence-electron chi connectivity index (χ0n) is 14.3. The smallest absolute Gasteiger partial charge is 0.231 e. The van der Waals surface area contributed by atoms with Crippen LogP contribution in [-0.4, -0.2) is 11.0 Å². The van der Waals surface area contributed by atoms with Crippen LogP contribution in [0.3, 0.4) is 0 Å². The third-order valence-corrected chi connectivity index (χ3v) is 5.60. The van der Waals surface area contributed by atoms with E-state index in [9.17, 15) is 14.3 Å². The van der Waals surface area contributed by atoms with E-state index in [1.54, 1.807) is 30.3 Å². The van der Waals surface area contributed by atoms with E-state index in [2.05, 4.69) is 0 Å². The molecule has 7 heteroatoms. The van der Waals surface area contributed by atoms with Gasteiger partial charge in [-0.05, 0) is 53.9 Å². The van der Waals surface area contributed by atoms with Crippen molar-refractivity contribution in [2.45, 2.75) is 12.8 Å². The molecule has 0 aromatic heterocycles. The van der Waals surface area contributed by atoms with E-state index < -0.39 is 5.82 Å². The molecule has 1 N–H and O–H groups in total. The van der Waals surface area contributed by atoms with Crippen LogP contribution in [0.15, 0.2) is 48.5 Å². The Bertz CT molecular complexity index is 1100. The van der Waals surface area contributed by atoms with Crippen molar-refractivity contribution in [3.63, 3.8) is 0 Å². The Hall–Kier alpha value is -2.27. The van der Waals surface area contributed by atoms with Crippen LogP contribution in [0.25, 0.3) is 11.1 Å². The van der Waals surface area contributed by atoms with Crippen molar-refractivity contribution in [3.8, 4) is 16.9 Å². The molecule has 1 aliphatic rings. The molecule has 142 valence electrons. The lowest BCUT2D eigenvalue weighted by molar-refractivity contribution is -0.118.